The minimum atomic E-state index is -0.930. The fourth-order valence-electron chi connectivity index (χ4n) is 1.86. The van der Waals surface area contributed by atoms with Crippen molar-refractivity contribution in [2.24, 2.45) is 0 Å². The molecule has 0 amide bonds. The van der Waals surface area contributed by atoms with E-state index in [0.717, 1.165) is 11.3 Å². The second-order valence-corrected chi connectivity index (χ2v) is 5.40. The lowest BCUT2D eigenvalue weighted by atomic mass is 10.2. The summed E-state index contributed by atoms with van der Waals surface area (Å²) in [5.41, 5.74) is 1.63. The summed E-state index contributed by atoms with van der Waals surface area (Å²) in [5, 5.41) is 9.75. The molecule has 0 spiro atoms. The Hall–Kier alpha value is -2.08. The summed E-state index contributed by atoms with van der Waals surface area (Å²) in [6.45, 7) is 2.35. The van der Waals surface area contributed by atoms with E-state index in [0.29, 0.717) is 17.4 Å². The predicted octanol–water partition coefficient (Wildman–Crippen LogP) is 2.79. The molecule has 0 unspecified atom stereocenters. The molecule has 0 atom stereocenters. The maximum atomic E-state index is 11.0. The number of thiazole rings is 1. The summed E-state index contributed by atoms with van der Waals surface area (Å²) in [6.07, 6.45) is 0. The molecule has 20 heavy (non-hydrogen) atoms. The van der Waals surface area contributed by atoms with E-state index in [2.05, 4.69) is 4.98 Å². The lowest BCUT2D eigenvalue weighted by molar-refractivity contribution is 0.0701. The van der Waals surface area contributed by atoms with Gasteiger partial charge in [-0.3, -0.25) is 0 Å². The molecular weight excluding hydrogens is 276 g/mol. The molecule has 0 fully saturated rings. The van der Waals surface area contributed by atoms with Crippen molar-refractivity contribution < 1.29 is 14.6 Å². The van der Waals surface area contributed by atoms with Crippen molar-refractivity contribution in [3.05, 3.63) is 40.4 Å². The van der Waals surface area contributed by atoms with Gasteiger partial charge in [-0.1, -0.05) is 23.5 Å². The van der Waals surface area contributed by atoms with Crippen molar-refractivity contribution in [1.82, 2.24) is 4.98 Å². The second kappa shape index (κ2) is 5.92. The molecule has 0 saturated heterocycles. The average molecular weight is 292 g/mol. The Labute approximate surface area is 121 Å². The van der Waals surface area contributed by atoms with Gasteiger partial charge in [0, 0.05) is 13.6 Å². The summed E-state index contributed by atoms with van der Waals surface area (Å²) >= 11 is 1.19. The molecule has 1 heterocycles. The van der Waals surface area contributed by atoms with Gasteiger partial charge in [-0.05, 0) is 24.6 Å². The Kier molecular flexibility index (Phi) is 4.24. The summed E-state index contributed by atoms with van der Waals surface area (Å²) in [4.78, 5) is 17.6. The highest BCUT2D eigenvalue weighted by atomic mass is 32.1. The van der Waals surface area contributed by atoms with Crippen LogP contribution in [0.2, 0.25) is 0 Å². The Morgan fingerprint density at radius 2 is 2.25 bits per heavy atom. The number of nitrogens with zero attached hydrogens (tertiary/aromatic N) is 2. The average Bonchev–Trinajstić information content (AvgIpc) is 2.81. The quantitative estimate of drug-likeness (QED) is 0.918. The first-order valence-corrected chi connectivity index (χ1v) is 6.87. The largest absolute Gasteiger partial charge is 0.497 e. The molecule has 0 aliphatic heterocycles. The van der Waals surface area contributed by atoms with Crippen molar-refractivity contribution in [2.45, 2.75) is 13.5 Å². The Balaban J connectivity index is 2.17. The Morgan fingerprint density at radius 1 is 1.50 bits per heavy atom. The molecule has 0 aliphatic rings. The number of carboxylic acids is 1. The number of hydrogen-bond acceptors (Lipinski definition) is 5. The summed E-state index contributed by atoms with van der Waals surface area (Å²) in [5.74, 6) is -0.126. The van der Waals surface area contributed by atoms with Crippen molar-refractivity contribution in [3.63, 3.8) is 0 Å². The van der Waals surface area contributed by atoms with Gasteiger partial charge in [-0.2, -0.15) is 0 Å². The number of benzene rings is 1. The first-order valence-electron chi connectivity index (χ1n) is 6.06. The number of rotatable bonds is 5. The lowest BCUT2D eigenvalue weighted by Gasteiger charge is -2.16. The van der Waals surface area contributed by atoms with Gasteiger partial charge in [0.2, 0.25) is 0 Å². The van der Waals surface area contributed by atoms with Gasteiger partial charge in [-0.15, -0.1) is 0 Å². The fraction of sp³-hybridized carbons (Fsp3) is 0.286. The number of aromatic carboxylic acids is 1. The van der Waals surface area contributed by atoms with Crippen LogP contribution in [-0.2, 0) is 6.54 Å². The van der Waals surface area contributed by atoms with Crippen LogP contribution in [0.5, 0.6) is 5.75 Å². The molecule has 0 radical (unpaired) electrons. The highest BCUT2D eigenvalue weighted by molar-refractivity contribution is 7.17. The molecule has 0 bridgehead atoms. The summed E-state index contributed by atoms with van der Waals surface area (Å²) in [6, 6.07) is 7.77. The summed E-state index contributed by atoms with van der Waals surface area (Å²) in [7, 11) is 3.52. The molecular formula is C14H16N2O3S. The van der Waals surface area contributed by atoms with Crippen molar-refractivity contribution in [2.75, 3.05) is 19.1 Å². The first-order chi connectivity index (χ1) is 9.51. The van der Waals surface area contributed by atoms with Crippen molar-refractivity contribution >= 4 is 22.4 Å². The molecule has 2 rings (SSSR count). The van der Waals surface area contributed by atoms with Gasteiger partial charge >= 0.3 is 5.97 Å². The molecule has 0 saturated carbocycles. The van der Waals surface area contributed by atoms with Gasteiger partial charge in [0.25, 0.3) is 0 Å². The van der Waals surface area contributed by atoms with Crippen LogP contribution in [0.4, 0.5) is 5.13 Å². The third-order valence-corrected chi connectivity index (χ3v) is 4.12. The number of ether oxygens (including phenoxy) is 1. The number of anilines is 1. The van der Waals surface area contributed by atoms with Crippen LogP contribution in [-0.4, -0.2) is 30.2 Å². The van der Waals surface area contributed by atoms with Crippen LogP contribution >= 0.6 is 11.3 Å². The van der Waals surface area contributed by atoms with Gasteiger partial charge in [0.1, 0.15) is 10.6 Å². The van der Waals surface area contributed by atoms with E-state index < -0.39 is 5.97 Å². The van der Waals surface area contributed by atoms with Crippen LogP contribution in [0.1, 0.15) is 20.9 Å². The smallest absolute Gasteiger partial charge is 0.347 e. The van der Waals surface area contributed by atoms with E-state index in [1.807, 2.05) is 36.2 Å². The fourth-order valence-corrected chi connectivity index (χ4v) is 2.72. The number of methoxy groups -OCH3 is 1. The van der Waals surface area contributed by atoms with E-state index >= 15 is 0 Å². The van der Waals surface area contributed by atoms with E-state index in [9.17, 15) is 4.79 Å². The number of carbonyl (C=O) groups is 1. The zero-order valence-corrected chi connectivity index (χ0v) is 12.4. The molecule has 1 N–H and O–H groups in total. The number of hydrogen-bond donors (Lipinski definition) is 1. The predicted molar refractivity (Wildman–Crippen MR) is 78.9 cm³/mol. The third-order valence-electron chi connectivity index (χ3n) is 2.86. The van der Waals surface area contributed by atoms with Gasteiger partial charge in [0.15, 0.2) is 5.13 Å². The Morgan fingerprint density at radius 3 is 2.85 bits per heavy atom. The van der Waals surface area contributed by atoms with Crippen LogP contribution in [0.3, 0.4) is 0 Å². The normalized spacial score (nSPS) is 10.3. The van der Waals surface area contributed by atoms with E-state index in [-0.39, 0.29) is 4.88 Å². The van der Waals surface area contributed by atoms with Crippen LogP contribution < -0.4 is 9.64 Å². The number of aryl methyl sites for hydroxylation is 1. The SMILES string of the molecule is COc1cccc(CN(C)c2nc(C)c(C(=O)O)s2)c1. The van der Waals surface area contributed by atoms with Gasteiger partial charge < -0.3 is 14.7 Å². The molecule has 1 aromatic heterocycles. The van der Waals surface area contributed by atoms with E-state index in [1.54, 1.807) is 14.0 Å². The Bertz CT molecular complexity index is 625. The highest BCUT2D eigenvalue weighted by Gasteiger charge is 2.16. The molecule has 0 aliphatic carbocycles. The monoisotopic (exact) mass is 292 g/mol. The van der Waals surface area contributed by atoms with E-state index in [1.165, 1.54) is 11.3 Å². The zero-order chi connectivity index (χ0) is 14.7. The summed E-state index contributed by atoms with van der Waals surface area (Å²) < 4.78 is 5.19. The number of carboxylic acid groups (broad SMARTS) is 1. The van der Waals surface area contributed by atoms with Crippen LogP contribution in [0.25, 0.3) is 0 Å². The van der Waals surface area contributed by atoms with Crippen molar-refractivity contribution in [1.29, 1.82) is 0 Å². The van der Waals surface area contributed by atoms with Crippen LogP contribution in [0, 0.1) is 6.92 Å². The lowest BCUT2D eigenvalue weighted by Crippen LogP contribution is -2.16. The standard InChI is InChI=1S/C14H16N2O3S/c1-9-12(13(17)18)20-14(15-9)16(2)8-10-5-4-6-11(7-10)19-3/h4-7H,8H2,1-3H3,(H,17,18). The van der Waals surface area contributed by atoms with Crippen LogP contribution in [0.15, 0.2) is 24.3 Å². The maximum Gasteiger partial charge on any atom is 0.347 e. The molecule has 6 heteroatoms. The third kappa shape index (κ3) is 3.08. The molecule has 5 nitrogen and oxygen atoms in total. The van der Waals surface area contributed by atoms with Gasteiger partial charge in [-0.25, -0.2) is 9.78 Å². The topological polar surface area (TPSA) is 62.7 Å². The first kappa shape index (κ1) is 14.3. The molecule has 2 aromatic rings. The van der Waals surface area contributed by atoms with Crippen molar-refractivity contribution in [3.8, 4) is 5.75 Å². The highest BCUT2D eigenvalue weighted by Crippen LogP contribution is 2.26. The molecule has 106 valence electrons. The minimum absolute atomic E-state index is 0.289. The second-order valence-electron chi connectivity index (χ2n) is 4.42. The number of aromatic nitrogens is 1. The minimum Gasteiger partial charge on any atom is -0.497 e. The van der Waals surface area contributed by atoms with Gasteiger partial charge in [0.05, 0.1) is 12.8 Å². The van der Waals surface area contributed by atoms with E-state index in [4.69, 9.17) is 9.84 Å². The zero-order valence-electron chi connectivity index (χ0n) is 11.6. The maximum absolute atomic E-state index is 11.0. The molecule has 1 aromatic carbocycles.